The number of rotatable bonds is 10. The van der Waals surface area contributed by atoms with Gasteiger partial charge in [0, 0.05) is 17.7 Å². The van der Waals surface area contributed by atoms with Crippen LogP contribution in [0.1, 0.15) is 39.8 Å². The van der Waals surface area contributed by atoms with Gasteiger partial charge in [-0.3, -0.25) is 0 Å². The Balaban J connectivity index is 1.14. The SMILES string of the molecule is OCC1OC(Oc2ccc(C=Cc3cc(O)cc4c3C(c3cc(O)cc(O)c3)C(c3ccc(OC5OC(CO)C(O)C(O)C5O)cc3)O4)cc2)C(O)C(O)C1O. The summed E-state index contributed by atoms with van der Waals surface area (Å²) in [5.74, 6) is -0.245. The fraction of sp³-hybridized carbons (Fsp3) is 0.350. The van der Waals surface area contributed by atoms with E-state index in [4.69, 9.17) is 23.7 Å². The molecule has 16 nitrogen and oxygen atoms in total. The minimum absolute atomic E-state index is 0.0897. The minimum atomic E-state index is -1.62. The van der Waals surface area contributed by atoms with Gasteiger partial charge in [0.1, 0.15) is 89.4 Å². The lowest BCUT2D eigenvalue weighted by Gasteiger charge is -2.39. The van der Waals surface area contributed by atoms with Gasteiger partial charge >= 0.3 is 0 Å². The molecule has 0 bridgehead atoms. The first-order valence-corrected chi connectivity index (χ1v) is 17.7. The summed E-state index contributed by atoms with van der Waals surface area (Å²) < 4.78 is 28.8. The van der Waals surface area contributed by atoms with Crippen molar-refractivity contribution in [3.05, 3.63) is 107 Å². The van der Waals surface area contributed by atoms with Crippen molar-refractivity contribution in [3.8, 4) is 34.5 Å². The Bertz CT molecular complexity index is 1980. The van der Waals surface area contributed by atoms with Crippen molar-refractivity contribution in [2.24, 2.45) is 0 Å². The highest BCUT2D eigenvalue weighted by Crippen LogP contribution is 2.53. The van der Waals surface area contributed by atoms with Crippen LogP contribution >= 0.6 is 0 Å². The number of aliphatic hydroxyl groups excluding tert-OH is 8. The Morgan fingerprint density at radius 3 is 1.55 bits per heavy atom. The summed E-state index contributed by atoms with van der Waals surface area (Å²) in [7, 11) is 0. The lowest BCUT2D eigenvalue weighted by atomic mass is 9.82. The molecule has 2 fully saturated rings. The Kier molecular flexibility index (Phi) is 11.4. The van der Waals surface area contributed by atoms with Crippen molar-refractivity contribution in [2.75, 3.05) is 13.2 Å². The second-order valence-corrected chi connectivity index (χ2v) is 13.8. The van der Waals surface area contributed by atoms with Crippen LogP contribution in [0.25, 0.3) is 12.2 Å². The molecule has 0 aliphatic carbocycles. The first-order valence-electron chi connectivity index (χ1n) is 17.7. The molecule has 3 aliphatic rings. The number of benzene rings is 4. The van der Waals surface area contributed by atoms with Crippen LogP contribution in [0.5, 0.6) is 34.5 Å². The number of phenols is 3. The maximum Gasteiger partial charge on any atom is 0.229 e. The van der Waals surface area contributed by atoms with Gasteiger partial charge in [-0.15, -0.1) is 0 Å². The lowest BCUT2D eigenvalue weighted by Crippen LogP contribution is -2.60. The van der Waals surface area contributed by atoms with E-state index in [1.165, 1.54) is 24.3 Å². The van der Waals surface area contributed by atoms with Crippen LogP contribution in [-0.4, -0.2) is 131 Å². The van der Waals surface area contributed by atoms with Crippen molar-refractivity contribution in [3.63, 3.8) is 0 Å². The Morgan fingerprint density at radius 1 is 0.536 bits per heavy atom. The highest BCUT2D eigenvalue weighted by atomic mass is 16.7. The molecular weight excluding hydrogens is 736 g/mol. The zero-order valence-corrected chi connectivity index (χ0v) is 29.5. The molecule has 4 aromatic carbocycles. The van der Waals surface area contributed by atoms with Gasteiger partial charge in [-0.2, -0.15) is 0 Å². The monoisotopic (exact) mass is 778 g/mol. The summed E-state index contributed by atoms with van der Waals surface area (Å²) in [5.41, 5.74) is 3.01. The highest BCUT2D eigenvalue weighted by Gasteiger charge is 2.46. The van der Waals surface area contributed by atoms with Crippen LogP contribution in [0.2, 0.25) is 0 Å². The Hall–Kier alpha value is -4.98. The van der Waals surface area contributed by atoms with Crippen LogP contribution in [0, 0.1) is 0 Å². The van der Waals surface area contributed by atoms with Crippen LogP contribution in [0.3, 0.4) is 0 Å². The number of phenolic OH excluding ortho intramolecular Hbond substituents is 3. The molecule has 12 atom stereocenters. The second kappa shape index (κ2) is 16.2. The van der Waals surface area contributed by atoms with Gasteiger partial charge in [0.05, 0.1) is 19.1 Å². The molecule has 0 amide bonds. The molecule has 16 heteroatoms. The maximum absolute atomic E-state index is 10.8. The summed E-state index contributed by atoms with van der Waals surface area (Å²) in [6, 6.07) is 20.3. The summed E-state index contributed by atoms with van der Waals surface area (Å²) in [5, 5.41) is 112. The zero-order chi connectivity index (χ0) is 39.8. The van der Waals surface area contributed by atoms with E-state index in [2.05, 4.69) is 0 Å². The van der Waals surface area contributed by atoms with Crippen LogP contribution in [0.15, 0.2) is 78.9 Å². The van der Waals surface area contributed by atoms with E-state index < -0.39 is 86.6 Å². The molecule has 4 aromatic rings. The van der Waals surface area contributed by atoms with Crippen molar-refractivity contribution in [1.82, 2.24) is 0 Å². The van der Waals surface area contributed by atoms with Crippen molar-refractivity contribution in [2.45, 2.75) is 73.4 Å². The van der Waals surface area contributed by atoms with E-state index in [1.54, 1.807) is 66.7 Å². The number of fused-ring (bicyclic) bond motifs is 1. The first-order chi connectivity index (χ1) is 26.8. The molecular formula is C40H42O16. The number of hydrogen-bond donors (Lipinski definition) is 11. The van der Waals surface area contributed by atoms with Gasteiger partial charge in [-0.05, 0) is 64.7 Å². The molecule has 0 saturated carbocycles. The third kappa shape index (κ3) is 7.85. The second-order valence-electron chi connectivity index (χ2n) is 13.8. The maximum atomic E-state index is 10.8. The molecule has 3 aliphatic heterocycles. The molecule has 298 valence electrons. The Labute approximate surface area is 319 Å². The molecule has 2 saturated heterocycles. The molecule has 0 spiro atoms. The van der Waals surface area contributed by atoms with E-state index in [0.717, 1.165) is 0 Å². The van der Waals surface area contributed by atoms with Crippen molar-refractivity contribution in [1.29, 1.82) is 0 Å². The molecule has 0 radical (unpaired) electrons. The minimum Gasteiger partial charge on any atom is -0.508 e. The zero-order valence-electron chi connectivity index (χ0n) is 29.5. The number of aliphatic hydroxyl groups is 8. The smallest absolute Gasteiger partial charge is 0.229 e. The van der Waals surface area contributed by atoms with Gasteiger partial charge in [0.25, 0.3) is 0 Å². The number of aromatic hydroxyl groups is 3. The van der Waals surface area contributed by atoms with Gasteiger partial charge in [0.2, 0.25) is 12.6 Å². The normalized spacial score (nSPS) is 31.5. The summed E-state index contributed by atoms with van der Waals surface area (Å²) in [6.07, 6.45) is -11.7. The molecule has 12 unspecified atom stereocenters. The molecule has 7 rings (SSSR count). The van der Waals surface area contributed by atoms with E-state index in [0.29, 0.717) is 33.6 Å². The van der Waals surface area contributed by atoms with E-state index in [9.17, 15) is 56.2 Å². The van der Waals surface area contributed by atoms with Gasteiger partial charge in [-0.25, -0.2) is 0 Å². The third-order valence-electron chi connectivity index (χ3n) is 10.1. The Morgan fingerprint density at radius 2 is 1.04 bits per heavy atom. The highest BCUT2D eigenvalue weighted by molar-refractivity contribution is 5.75. The fourth-order valence-electron chi connectivity index (χ4n) is 7.13. The van der Waals surface area contributed by atoms with Crippen molar-refractivity contribution < 1.29 is 79.9 Å². The quantitative estimate of drug-likeness (QED) is 0.0985. The average molecular weight is 779 g/mol. The van der Waals surface area contributed by atoms with Gasteiger partial charge in [0.15, 0.2) is 0 Å². The van der Waals surface area contributed by atoms with Crippen molar-refractivity contribution >= 4 is 12.2 Å². The lowest BCUT2D eigenvalue weighted by molar-refractivity contribution is -0.277. The van der Waals surface area contributed by atoms with Gasteiger partial charge < -0.3 is 79.9 Å². The van der Waals surface area contributed by atoms with Gasteiger partial charge in [-0.1, -0.05) is 36.4 Å². The van der Waals surface area contributed by atoms with Crippen LogP contribution in [-0.2, 0) is 9.47 Å². The van der Waals surface area contributed by atoms with Crippen LogP contribution < -0.4 is 14.2 Å². The van der Waals surface area contributed by atoms with Crippen LogP contribution in [0.4, 0.5) is 0 Å². The number of ether oxygens (including phenoxy) is 5. The number of hydrogen-bond acceptors (Lipinski definition) is 16. The van der Waals surface area contributed by atoms with E-state index in [1.807, 2.05) is 0 Å². The summed E-state index contributed by atoms with van der Waals surface area (Å²) >= 11 is 0. The molecule has 11 N–H and O–H groups in total. The third-order valence-corrected chi connectivity index (χ3v) is 10.1. The standard InChI is InChI=1S/C40H42O16/c41-16-28-32(46)34(48)36(50)39(55-28)52-25-7-2-18(3-8-25)1-4-20-11-24(45)15-27-30(20)31(21-12-22(43)14-23(44)13-21)38(54-27)19-5-9-26(10-6-19)53-40-37(51)35(49)33(47)29(17-42)56-40/h1-15,28-29,31-51H,16-17H2. The average Bonchev–Trinajstić information content (AvgIpc) is 3.57. The summed E-state index contributed by atoms with van der Waals surface area (Å²) in [4.78, 5) is 0. The summed E-state index contributed by atoms with van der Waals surface area (Å²) in [6.45, 7) is -1.21. The van der Waals surface area contributed by atoms with E-state index in [-0.39, 0.29) is 28.7 Å². The molecule has 3 heterocycles. The largest absolute Gasteiger partial charge is 0.508 e. The topological polar surface area (TPSA) is 269 Å². The predicted octanol–water partition coefficient (Wildman–Crippen LogP) is 0.597. The fourth-order valence-corrected chi connectivity index (χ4v) is 7.13. The first kappa shape index (κ1) is 39.3. The predicted molar refractivity (Wildman–Crippen MR) is 194 cm³/mol. The molecule has 56 heavy (non-hydrogen) atoms. The van der Waals surface area contributed by atoms with E-state index >= 15 is 0 Å². The molecule has 0 aromatic heterocycles.